The van der Waals surface area contributed by atoms with Crippen molar-refractivity contribution in [3.05, 3.63) is 0 Å². The number of rotatable bonds is 6. The highest BCUT2D eigenvalue weighted by Gasteiger charge is 2.13. The van der Waals surface area contributed by atoms with Gasteiger partial charge in [-0.15, -0.1) is 0 Å². The van der Waals surface area contributed by atoms with Crippen molar-refractivity contribution in [1.82, 2.24) is 9.44 Å². The fraction of sp³-hybridized carbons (Fsp3) is 0.875. The van der Waals surface area contributed by atoms with Crippen molar-refractivity contribution >= 4 is 10.2 Å². The molecule has 0 radical (unpaired) electrons. The molecule has 0 saturated heterocycles. The molecule has 5 nitrogen and oxygen atoms in total. The van der Waals surface area contributed by atoms with Gasteiger partial charge in [0.15, 0.2) is 0 Å². The summed E-state index contributed by atoms with van der Waals surface area (Å²) in [6.07, 6.45) is 0.169. The summed E-state index contributed by atoms with van der Waals surface area (Å²) in [7, 11) is -3.45. The monoisotopic (exact) mass is 219 g/mol. The molecule has 0 aromatic rings. The van der Waals surface area contributed by atoms with E-state index >= 15 is 0 Å². The van der Waals surface area contributed by atoms with Gasteiger partial charge in [-0.25, -0.2) is 4.72 Å². The Hall–Kier alpha value is -0.640. The Balaban J connectivity index is 4.03. The van der Waals surface area contributed by atoms with E-state index in [0.717, 1.165) is 0 Å². The summed E-state index contributed by atoms with van der Waals surface area (Å²) in [6.45, 7) is 5.88. The molecular formula is C8H17N3O2S. The molecule has 0 aliphatic rings. The van der Waals surface area contributed by atoms with Crippen LogP contribution in [0.2, 0.25) is 0 Å². The minimum atomic E-state index is -3.45. The first-order valence-electron chi connectivity index (χ1n) is 4.51. The topological polar surface area (TPSA) is 82.0 Å². The zero-order valence-electron chi connectivity index (χ0n) is 8.74. The second-order valence-corrected chi connectivity index (χ2v) is 5.16. The van der Waals surface area contributed by atoms with Crippen LogP contribution in [0.1, 0.15) is 27.2 Å². The number of nitriles is 1. The first-order valence-corrected chi connectivity index (χ1v) is 5.99. The third kappa shape index (κ3) is 6.83. The maximum Gasteiger partial charge on any atom is 0.277 e. The standard InChI is InChI=1S/C8H17N3O2S/c1-7(2)6-10-14(12,13)11-8(3)4-5-9/h7-8,10-11H,4,6H2,1-3H3. The zero-order chi connectivity index (χ0) is 11.2. The van der Waals surface area contributed by atoms with Crippen molar-refractivity contribution in [3.8, 4) is 6.07 Å². The smallest absolute Gasteiger partial charge is 0.202 e. The van der Waals surface area contributed by atoms with E-state index in [1.165, 1.54) is 0 Å². The fourth-order valence-corrected chi connectivity index (χ4v) is 2.01. The van der Waals surface area contributed by atoms with Crippen molar-refractivity contribution in [2.75, 3.05) is 6.54 Å². The quantitative estimate of drug-likeness (QED) is 0.677. The molecular weight excluding hydrogens is 202 g/mol. The number of nitrogens with one attached hydrogen (secondary N) is 2. The molecule has 0 amide bonds. The van der Waals surface area contributed by atoms with E-state index in [4.69, 9.17) is 5.26 Å². The van der Waals surface area contributed by atoms with Crippen LogP contribution < -0.4 is 9.44 Å². The van der Waals surface area contributed by atoms with Gasteiger partial charge in [-0.1, -0.05) is 13.8 Å². The van der Waals surface area contributed by atoms with Crippen LogP contribution in [0, 0.1) is 17.2 Å². The average Bonchev–Trinajstić information content (AvgIpc) is 2.00. The van der Waals surface area contributed by atoms with Crippen LogP contribution in [-0.2, 0) is 10.2 Å². The summed E-state index contributed by atoms with van der Waals surface area (Å²) in [5, 5.41) is 8.35. The van der Waals surface area contributed by atoms with Crippen molar-refractivity contribution in [3.63, 3.8) is 0 Å². The third-order valence-electron chi connectivity index (χ3n) is 1.44. The Morgan fingerprint density at radius 3 is 2.36 bits per heavy atom. The first-order chi connectivity index (χ1) is 6.37. The molecule has 0 bridgehead atoms. The summed E-state index contributed by atoms with van der Waals surface area (Å²) in [5.74, 6) is 0.262. The summed E-state index contributed by atoms with van der Waals surface area (Å²) in [5.41, 5.74) is 0. The minimum Gasteiger partial charge on any atom is -0.202 e. The molecule has 1 unspecified atom stereocenters. The molecule has 14 heavy (non-hydrogen) atoms. The van der Waals surface area contributed by atoms with Gasteiger partial charge in [-0.3, -0.25) is 0 Å². The van der Waals surface area contributed by atoms with Gasteiger partial charge in [0.25, 0.3) is 10.2 Å². The molecule has 1 atom stereocenters. The highest BCUT2D eigenvalue weighted by molar-refractivity contribution is 7.87. The molecule has 0 heterocycles. The fourth-order valence-electron chi connectivity index (χ4n) is 0.761. The van der Waals surface area contributed by atoms with Crippen LogP contribution in [0.25, 0.3) is 0 Å². The average molecular weight is 219 g/mol. The van der Waals surface area contributed by atoms with E-state index in [9.17, 15) is 8.42 Å². The molecule has 6 heteroatoms. The second kappa shape index (κ2) is 5.96. The van der Waals surface area contributed by atoms with Gasteiger partial charge in [0.1, 0.15) is 0 Å². The normalized spacial score (nSPS) is 13.9. The summed E-state index contributed by atoms with van der Waals surface area (Å²) < 4.78 is 27.3. The maximum atomic E-state index is 11.3. The molecule has 82 valence electrons. The molecule has 0 aliphatic carbocycles. The molecule has 0 rings (SSSR count). The molecule has 0 aromatic heterocycles. The number of hydrogen-bond donors (Lipinski definition) is 2. The van der Waals surface area contributed by atoms with E-state index in [2.05, 4.69) is 9.44 Å². The van der Waals surface area contributed by atoms with E-state index in [-0.39, 0.29) is 18.4 Å². The van der Waals surface area contributed by atoms with Gasteiger partial charge in [0.2, 0.25) is 0 Å². The summed E-state index contributed by atoms with van der Waals surface area (Å²) in [4.78, 5) is 0. The van der Waals surface area contributed by atoms with Gasteiger partial charge in [-0.05, 0) is 12.8 Å². The van der Waals surface area contributed by atoms with Crippen LogP contribution >= 0.6 is 0 Å². The zero-order valence-corrected chi connectivity index (χ0v) is 9.56. The van der Waals surface area contributed by atoms with Gasteiger partial charge < -0.3 is 0 Å². The molecule has 0 aromatic carbocycles. The highest BCUT2D eigenvalue weighted by atomic mass is 32.2. The molecule has 2 N–H and O–H groups in total. The SMILES string of the molecule is CC(C)CNS(=O)(=O)NC(C)CC#N. The van der Waals surface area contributed by atoms with Crippen molar-refractivity contribution in [2.45, 2.75) is 33.2 Å². The van der Waals surface area contributed by atoms with Gasteiger partial charge in [0, 0.05) is 12.6 Å². The third-order valence-corrected chi connectivity index (χ3v) is 2.69. The van der Waals surface area contributed by atoms with Gasteiger partial charge in [0.05, 0.1) is 12.5 Å². The lowest BCUT2D eigenvalue weighted by atomic mass is 10.2. The first kappa shape index (κ1) is 13.4. The Morgan fingerprint density at radius 1 is 1.36 bits per heavy atom. The lowest BCUT2D eigenvalue weighted by molar-refractivity contribution is 0.533. The van der Waals surface area contributed by atoms with Gasteiger partial charge >= 0.3 is 0 Å². The van der Waals surface area contributed by atoms with Crippen LogP contribution in [0.3, 0.4) is 0 Å². The minimum absolute atomic E-state index is 0.169. The number of hydrogen-bond acceptors (Lipinski definition) is 3. The Morgan fingerprint density at radius 2 is 1.93 bits per heavy atom. The maximum absolute atomic E-state index is 11.3. The molecule has 0 fully saturated rings. The molecule has 0 aliphatic heterocycles. The Labute approximate surface area is 85.7 Å². The van der Waals surface area contributed by atoms with Crippen molar-refractivity contribution in [2.24, 2.45) is 5.92 Å². The van der Waals surface area contributed by atoms with Crippen molar-refractivity contribution < 1.29 is 8.42 Å². The van der Waals surface area contributed by atoms with Crippen LogP contribution in [0.15, 0.2) is 0 Å². The van der Waals surface area contributed by atoms with Crippen LogP contribution in [-0.4, -0.2) is 21.0 Å². The van der Waals surface area contributed by atoms with E-state index < -0.39 is 10.2 Å². The van der Waals surface area contributed by atoms with Crippen LogP contribution in [0.4, 0.5) is 0 Å². The van der Waals surface area contributed by atoms with Crippen LogP contribution in [0.5, 0.6) is 0 Å². The van der Waals surface area contributed by atoms with Gasteiger partial charge in [-0.2, -0.15) is 18.4 Å². The Bertz CT molecular complexity index is 292. The highest BCUT2D eigenvalue weighted by Crippen LogP contribution is 1.93. The number of nitrogens with zero attached hydrogens (tertiary/aromatic N) is 1. The Kier molecular flexibility index (Phi) is 5.69. The molecule has 0 spiro atoms. The van der Waals surface area contributed by atoms with E-state index in [1.54, 1.807) is 6.92 Å². The second-order valence-electron chi connectivity index (χ2n) is 3.63. The summed E-state index contributed by atoms with van der Waals surface area (Å²) in [6, 6.07) is 1.54. The summed E-state index contributed by atoms with van der Waals surface area (Å²) >= 11 is 0. The van der Waals surface area contributed by atoms with Crippen molar-refractivity contribution in [1.29, 1.82) is 5.26 Å². The molecule has 0 saturated carbocycles. The van der Waals surface area contributed by atoms with E-state index in [0.29, 0.717) is 6.54 Å². The largest absolute Gasteiger partial charge is 0.277 e. The van der Waals surface area contributed by atoms with E-state index in [1.807, 2.05) is 19.9 Å². The lowest BCUT2D eigenvalue weighted by Crippen LogP contribution is -2.42. The predicted octanol–water partition coefficient (Wildman–Crippen LogP) is 0.369. The predicted molar refractivity (Wildman–Crippen MR) is 54.6 cm³/mol. The lowest BCUT2D eigenvalue weighted by Gasteiger charge is -2.12.